The van der Waals surface area contributed by atoms with E-state index in [1.54, 1.807) is 6.07 Å². The predicted molar refractivity (Wildman–Crippen MR) is 97.2 cm³/mol. The Morgan fingerprint density at radius 2 is 1.93 bits per heavy atom. The summed E-state index contributed by atoms with van der Waals surface area (Å²) in [6, 6.07) is 8.41. The topological polar surface area (TPSA) is 113 Å². The van der Waals surface area contributed by atoms with Crippen LogP contribution in [-0.2, 0) is 4.79 Å². The number of aliphatic hydroxyl groups is 1. The van der Waals surface area contributed by atoms with E-state index >= 15 is 0 Å². The minimum atomic E-state index is -1.45. The maximum atomic E-state index is 14.4. The fourth-order valence-corrected chi connectivity index (χ4v) is 3.22. The molecule has 142 valence electrons. The number of benzene rings is 1. The number of aromatic carboxylic acids is 1. The van der Waals surface area contributed by atoms with Gasteiger partial charge in [-0.1, -0.05) is 12.1 Å². The van der Waals surface area contributed by atoms with Gasteiger partial charge in [0.1, 0.15) is 23.3 Å². The molecule has 0 radical (unpaired) electrons. The second-order valence-corrected chi connectivity index (χ2v) is 6.33. The van der Waals surface area contributed by atoms with Crippen LogP contribution < -0.4 is 10.3 Å². The van der Waals surface area contributed by atoms with Crippen LogP contribution in [0.1, 0.15) is 16.8 Å². The molecule has 1 amide bonds. The number of fused-ring (bicyclic) bond motifs is 1. The number of para-hydroxylation sites is 1. The number of hydrogen-bond acceptors (Lipinski definition) is 5. The molecule has 2 aromatic heterocycles. The maximum absolute atomic E-state index is 14.4. The van der Waals surface area contributed by atoms with E-state index in [4.69, 9.17) is 0 Å². The molecule has 1 aliphatic heterocycles. The van der Waals surface area contributed by atoms with E-state index in [2.05, 4.69) is 4.98 Å². The van der Waals surface area contributed by atoms with E-state index < -0.39 is 34.8 Å². The molecule has 0 spiro atoms. The van der Waals surface area contributed by atoms with Gasteiger partial charge in [-0.05, 0) is 24.3 Å². The lowest BCUT2D eigenvalue weighted by atomic mass is 10.1. The average molecular weight is 383 g/mol. The smallest absolute Gasteiger partial charge is 0.341 e. The number of carbonyl (C=O) groups is 2. The summed E-state index contributed by atoms with van der Waals surface area (Å²) in [5.41, 5.74) is -1.28. The van der Waals surface area contributed by atoms with Crippen molar-refractivity contribution in [2.45, 2.75) is 12.5 Å². The third kappa shape index (κ3) is 2.72. The van der Waals surface area contributed by atoms with Gasteiger partial charge in [0.25, 0.3) is 5.91 Å². The summed E-state index contributed by atoms with van der Waals surface area (Å²) in [6.07, 6.45) is 0.139. The van der Waals surface area contributed by atoms with E-state index in [0.29, 0.717) is 0 Å². The van der Waals surface area contributed by atoms with Crippen LogP contribution in [0.15, 0.2) is 47.4 Å². The Bertz CT molecular complexity index is 1190. The van der Waals surface area contributed by atoms with Crippen molar-refractivity contribution in [2.24, 2.45) is 0 Å². The fourth-order valence-electron chi connectivity index (χ4n) is 3.22. The number of halogens is 1. The summed E-state index contributed by atoms with van der Waals surface area (Å²) in [5, 5.41) is 19.0. The van der Waals surface area contributed by atoms with Crippen molar-refractivity contribution >= 4 is 28.7 Å². The first-order valence-electron chi connectivity index (χ1n) is 8.42. The third-order valence-corrected chi connectivity index (χ3v) is 4.63. The average Bonchev–Trinajstić information content (AvgIpc) is 3.01. The fraction of sp³-hybridized carbons (Fsp3) is 0.158. The minimum absolute atomic E-state index is 0.00629. The lowest BCUT2D eigenvalue weighted by molar-refractivity contribution is -0.124. The van der Waals surface area contributed by atoms with E-state index in [9.17, 15) is 29.0 Å². The highest BCUT2D eigenvalue weighted by atomic mass is 19.1. The van der Waals surface area contributed by atoms with E-state index in [0.717, 1.165) is 6.20 Å². The number of carboxylic acids is 1. The van der Waals surface area contributed by atoms with Gasteiger partial charge in [0.15, 0.2) is 5.65 Å². The Kier molecular flexibility index (Phi) is 4.16. The first-order valence-corrected chi connectivity index (χ1v) is 8.42. The van der Waals surface area contributed by atoms with Crippen LogP contribution in [-0.4, -0.2) is 44.3 Å². The van der Waals surface area contributed by atoms with Gasteiger partial charge in [-0.15, -0.1) is 0 Å². The zero-order valence-corrected chi connectivity index (χ0v) is 14.4. The summed E-state index contributed by atoms with van der Waals surface area (Å²) < 4.78 is 15.6. The van der Waals surface area contributed by atoms with Gasteiger partial charge < -0.3 is 10.2 Å². The van der Waals surface area contributed by atoms with Crippen LogP contribution in [0.25, 0.3) is 16.7 Å². The molecule has 9 heteroatoms. The Hall–Kier alpha value is -3.59. The van der Waals surface area contributed by atoms with Crippen molar-refractivity contribution in [3.8, 4) is 5.69 Å². The van der Waals surface area contributed by atoms with Crippen molar-refractivity contribution in [2.75, 3.05) is 11.4 Å². The second-order valence-electron chi connectivity index (χ2n) is 6.33. The lowest BCUT2D eigenvalue weighted by Gasteiger charge is -2.17. The van der Waals surface area contributed by atoms with Crippen LogP contribution >= 0.6 is 0 Å². The summed E-state index contributed by atoms with van der Waals surface area (Å²) in [5.74, 6) is -2.42. The molecule has 2 N–H and O–H groups in total. The first-order chi connectivity index (χ1) is 13.4. The quantitative estimate of drug-likeness (QED) is 0.705. The monoisotopic (exact) mass is 383 g/mol. The number of hydrogen-bond donors (Lipinski definition) is 2. The van der Waals surface area contributed by atoms with Gasteiger partial charge in [0.2, 0.25) is 5.43 Å². The molecule has 4 rings (SSSR count). The molecule has 1 fully saturated rings. The summed E-state index contributed by atoms with van der Waals surface area (Å²) in [7, 11) is 0. The highest BCUT2D eigenvalue weighted by molar-refractivity contribution is 5.99. The van der Waals surface area contributed by atoms with Gasteiger partial charge >= 0.3 is 5.97 Å². The summed E-state index contributed by atoms with van der Waals surface area (Å²) >= 11 is 0. The molecule has 8 nitrogen and oxygen atoms in total. The first kappa shape index (κ1) is 17.8. The zero-order chi connectivity index (χ0) is 20.0. The lowest BCUT2D eigenvalue weighted by Crippen LogP contribution is -2.30. The Balaban J connectivity index is 2.02. The van der Waals surface area contributed by atoms with Crippen molar-refractivity contribution < 1.29 is 24.2 Å². The number of carboxylic acid groups (broad SMARTS) is 1. The molecule has 0 saturated carbocycles. The van der Waals surface area contributed by atoms with Gasteiger partial charge in [0.05, 0.1) is 11.1 Å². The molecular formula is C19H14FN3O5. The summed E-state index contributed by atoms with van der Waals surface area (Å²) in [6.45, 7) is 0.246. The Morgan fingerprint density at radius 1 is 1.18 bits per heavy atom. The largest absolute Gasteiger partial charge is 0.477 e. The second kappa shape index (κ2) is 6.54. The van der Waals surface area contributed by atoms with Crippen LogP contribution in [0, 0.1) is 5.82 Å². The number of aromatic nitrogens is 2. The number of carbonyl (C=O) groups excluding carboxylic acids is 1. The predicted octanol–water partition coefficient (Wildman–Crippen LogP) is 1.32. The molecule has 1 aromatic carbocycles. The third-order valence-electron chi connectivity index (χ3n) is 4.63. The molecule has 0 bridgehead atoms. The highest BCUT2D eigenvalue weighted by Crippen LogP contribution is 2.24. The molecule has 28 heavy (non-hydrogen) atoms. The van der Waals surface area contributed by atoms with Gasteiger partial charge in [-0.2, -0.15) is 0 Å². The van der Waals surface area contributed by atoms with Crippen LogP contribution in [0.5, 0.6) is 0 Å². The van der Waals surface area contributed by atoms with Crippen LogP contribution in [0.3, 0.4) is 0 Å². The van der Waals surface area contributed by atoms with Crippen LogP contribution in [0.4, 0.5) is 10.2 Å². The standard InChI is InChI=1S/C19H14FN3O5/c20-12-3-1-2-4-13(12)23-9-11(19(27)28)16(25)10-5-6-15(21-17(10)23)22-8-7-14(24)18(22)26/h1-6,9,14,24H,7-8H2,(H,27,28). The van der Waals surface area contributed by atoms with Crippen molar-refractivity contribution in [3.63, 3.8) is 0 Å². The molecule has 1 aliphatic rings. The number of aliphatic hydroxyl groups excluding tert-OH is 1. The number of nitrogens with zero attached hydrogens (tertiary/aromatic N) is 3. The summed E-state index contributed by atoms with van der Waals surface area (Å²) in [4.78, 5) is 41.7. The number of rotatable bonds is 3. The molecule has 1 saturated heterocycles. The minimum Gasteiger partial charge on any atom is -0.477 e. The van der Waals surface area contributed by atoms with E-state index in [1.807, 2.05) is 0 Å². The Morgan fingerprint density at radius 3 is 2.57 bits per heavy atom. The zero-order valence-electron chi connectivity index (χ0n) is 14.4. The molecule has 3 aromatic rings. The highest BCUT2D eigenvalue weighted by Gasteiger charge is 2.32. The van der Waals surface area contributed by atoms with Gasteiger partial charge in [0, 0.05) is 19.2 Å². The normalized spacial score (nSPS) is 16.7. The molecule has 3 heterocycles. The van der Waals surface area contributed by atoms with Crippen molar-refractivity contribution in [3.05, 3.63) is 64.2 Å². The molecule has 0 aliphatic carbocycles. The van der Waals surface area contributed by atoms with Crippen molar-refractivity contribution in [1.29, 1.82) is 0 Å². The number of pyridine rings is 2. The molecular weight excluding hydrogens is 369 g/mol. The van der Waals surface area contributed by atoms with E-state index in [1.165, 1.54) is 39.8 Å². The number of anilines is 1. The maximum Gasteiger partial charge on any atom is 0.341 e. The SMILES string of the molecule is O=C(O)c1cn(-c2ccccc2F)c2nc(N3CCC(O)C3=O)ccc2c1=O. The van der Waals surface area contributed by atoms with Gasteiger partial charge in [-0.25, -0.2) is 14.2 Å². The van der Waals surface area contributed by atoms with Crippen LogP contribution in [0.2, 0.25) is 0 Å². The molecule has 1 atom stereocenters. The van der Waals surface area contributed by atoms with E-state index in [-0.39, 0.29) is 35.5 Å². The number of amides is 1. The van der Waals surface area contributed by atoms with Gasteiger partial charge in [-0.3, -0.25) is 19.1 Å². The Labute approximate surface area is 157 Å². The molecule has 1 unspecified atom stereocenters. The van der Waals surface area contributed by atoms with Crippen molar-refractivity contribution in [1.82, 2.24) is 9.55 Å².